The van der Waals surface area contributed by atoms with E-state index in [1.165, 1.54) is 11.8 Å². The van der Waals surface area contributed by atoms with Gasteiger partial charge in [0.2, 0.25) is 0 Å². The number of aromatic nitrogens is 5. The molecule has 0 radical (unpaired) electrons. The molecule has 8 heteroatoms. The van der Waals surface area contributed by atoms with E-state index in [1.54, 1.807) is 10.9 Å². The van der Waals surface area contributed by atoms with E-state index in [4.69, 9.17) is 0 Å². The van der Waals surface area contributed by atoms with Crippen LogP contribution in [0.3, 0.4) is 0 Å². The minimum Gasteiger partial charge on any atom is -0.510 e. The number of nitrogens with zero attached hydrogens (tertiary/aromatic N) is 5. The quantitative estimate of drug-likeness (QED) is 0.435. The molecule has 2 heterocycles. The number of rotatable bonds is 4. The molecular formula is C14H12N6OS. The number of para-hydroxylation sites is 2. The van der Waals surface area contributed by atoms with Crippen LogP contribution in [0.1, 0.15) is 5.82 Å². The summed E-state index contributed by atoms with van der Waals surface area (Å²) in [6, 6.07) is 9.46. The van der Waals surface area contributed by atoms with E-state index in [0.717, 1.165) is 11.0 Å². The van der Waals surface area contributed by atoms with Crippen molar-refractivity contribution in [3.63, 3.8) is 0 Å². The first-order chi connectivity index (χ1) is 10.7. The molecule has 0 amide bonds. The molecule has 0 saturated heterocycles. The lowest BCUT2D eigenvalue weighted by Crippen LogP contribution is -1.97. The molecule has 0 fully saturated rings. The van der Waals surface area contributed by atoms with Gasteiger partial charge in [0.25, 0.3) is 0 Å². The molecule has 3 aromatic rings. The monoisotopic (exact) mass is 312 g/mol. The zero-order chi connectivity index (χ0) is 15.5. The normalized spacial score (nSPS) is 12.2. The standard InChI is InChI=1S/C14H12N6OS/c1-20-8-16-19-14(20)22-7-12(21)9(6-15)13-17-10-4-2-3-5-11(10)18-13/h2-5,8,21H,7H2,1H3,(H,17,18). The second-order valence-electron chi connectivity index (χ2n) is 4.55. The summed E-state index contributed by atoms with van der Waals surface area (Å²) in [4.78, 5) is 7.37. The predicted molar refractivity (Wildman–Crippen MR) is 83.0 cm³/mol. The van der Waals surface area contributed by atoms with Crippen molar-refractivity contribution >= 4 is 28.4 Å². The zero-order valence-corrected chi connectivity index (χ0v) is 12.5. The first-order valence-corrected chi connectivity index (χ1v) is 7.41. The number of benzene rings is 1. The SMILES string of the molecule is Cn1cnnc1SCC(O)=C(C#N)c1nc2ccccc2[nH]1. The van der Waals surface area contributed by atoms with Crippen LogP contribution in [0.4, 0.5) is 0 Å². The van der Waals surface area contributed by atoms with Gasteiger partial charge in [-0.05, 0) is 12.1 Å². The average molecular weight is 312 g/mol. The highest BCUT2D eigenvalue weighted by Crippen LogP contribution is 2.23. The Kier molecular flexibility index (Phi) is 3.80. The fourth-order valence-electron chi connectivity index (χ4n) is 1.93. The third-order valence-electron chi connectivity index (χ3n) is 3.03. The lowest BCUT2D eigenvalue weighted by Gasteiger charge is -2.02. The topological polar surface area (TPSA) is 103 Å². The van der Waals surface area contributed by atoms with Gasteiger partial charge < -0.3 is 14.7 Å². The van der Waals surface area contributed by atoms with Crippen LogP contribution in [0.15, 0.2) is 41.5 Å². The first-order valence-electron chi connectivity index (χ1n) is 6.43. The van der Waals surface area contributed by atoms with Gasteiger partial charge in [0.15, 0.2) is 11.0 Å². The third-order valence-corrected chi connectivity index (χ3v) is 4.08. The molecular weight excluding hydrogens is 300 g/mol. The number of hydrogen-bond donors (Lipinski definition) is 2. The zero-order valence-electron chi connectivity index (χ0n) is 11.7. The van der Waals surface area contributed by atoms with Crippen molar-refractivity contribution in [3.05, 3.63) is 42.2 Å². The fourth-order valence-corrected chi connectivity index (χ4v) is 2.70. The summed E-state index contributed by atoms with van der Waals surface area (Å²) in [5, 5.41) is 27.9. The van der Waals surface area contributed by atoms with Gasteiger partial charge in [0, 0.05) is 7.05 Å². The molecule has 3 rings (SSSR count). The molecule has 2 aromatic heterocycles. The summed E-state index contributed by atoms with van der Waals surface area (Å²) in [5.74, 6) is 0.529. The van der Waals surface area contributed by atoms with Gasteiger partial charge in [-0.15, -0.1) is 10.2 Å². The number of fused-ring (bicyclic) bond motifs is 1. The largest absolute Gasteiger partial charge is 0.510 e. The van der Waals surface area contributed by atoms with Crippen molar-refractivity contribution in [2.24, 2.45) is 7.05 Å². The maximum absolute atomic E-state index is 10.2. The first kappa shape index (κ1) is 14.2. The van der Waals surface area contributed by atoms with E-state index >= 15 is 0 Å². The van der Waals surface area contributed by atoms with Crippen LogP contribution in [0, 0.1) is 11.3 Å². The number of hydrogen-bond acceptors (Lipinski definition) is 6. The second-order valence-corrected chi connectivity index (χ2v) is 5.49. The number of thioether (sulfide) groups is 1. The fraction of sp³-hybridized carbons (Fsp3) is 0.143. The summed E-state index contributed by atoms with van der Waals surface area (Å²) in [6.07, 6.45) is 1.58. The number of allylic oxidation sites excluding steroid dienone is 1. The predicted octanol–water partition coefficient (Wildman–Crippen LogP) is 2.28. The number of aromatic amines is 1. The van der Waals surface area contributed by atoms with E-state index in [2.05, 4.69) is 20.2 Å². The number of imidazole rings is 1. The van der Waals surface area contributed by atoms with Crippen LogP contribution in [0.25, 0.3) is 16.6 Å². The van der Waals surface area contributed by atoms with Crippen molar-refractivity contribution in [3.8, 4) is 6.07 Å². The minimum atomic E-state index is -0.0467. The highest BCUT2D eigenvalue weighted by Gasteiger charge is 2.14. The molecule has 22 heavy (non-hydrogen) atoms. The van der Waals surface area contributed by atoms with E-state index in [9.17, 15) is 10.4 Å². The maximum atomic E-state index is 10.2. The number of aliphatic hydroxyl groups excluding tert-OH is 1. The van der Waals surface area contributed by atoms with Crippen LogP contribution in [0.2, 0.25) is 0 Å². The van der Waals surface area contributed by atoms with Crippen molar-refractivity contribution in [1.82, 2.24) is 24.7 Å². The molecule has 0 aliphatic heterocycles. The molecule has 110 valence electrons. The molecule has 0 atom stereocenters. The van der Waals surface area contributed by atoms with Crippen molar-refractivity contribution < 1.29 is 5.11 Å². The van der Waals surface area contributed by atoms with Crippen LogP contribution in [0.5, 0.6) is 0 Å². The van der Waals surface area contributed by atoms with Crippen LogP contribution in [-0.2, 0) is 7.05 Å². The Balaban J connectivity index is 1.88. The Labute approximate surface area is 130 Å². The summed E-state index contributed by atoms with van der Waals surface area (Å²) >= 11 is 1.30. The smallest absolute Gasteiger partial charge is 0.191 e. The van der Waals surface area contributed by atoms with E-state index in [0.29, 0.717) is 11.0 Å². The molecule has 0 unspecified atom stereocenters. The van der Waals surface area contributed by atoms with Gasteiger partial charge in [-0.3, -0.25) is 0 Å². The molecule has 1 aromatic carbocycles. The number of aliphatic hydroxyl groups is 1. The third kappa shape index (κ3) is 2.66. The number of aryl methyl sites for hydroxylation is 1. The summed E-state index contributed by atoms with van der Waals surface area (Å²) in [7, 11) is 1.81. The van der Waals surface area contributed by atoms with Crippen molar-refractivity contribution in [1.29, 1.82) is 5.26 Å². The van der Waals surface area contributed by atoms with E-state index < -0.39 is 0 Å². The Morgan fingerprint density at radius 1 is 1.45 bits per heavy atom. The Morgan fingerprint density at radius 3 is 2.95 bits per heavy atom. The van der Waals surface area contributed by atoms with E-state index in [1.807, 2.05) is 37.4 Å². The van der Waals surface area contributed by atoms with Crippen molar-refractivity contribution in [2.45, 2.75) is 5.16 Å². The molecule has 0 spiro atoms. The summed E-state index contributed by atoms with van der Waals surface area (Å²) in [6.45, 7) is 0. The molecule has 2 N–H and O–H groups in total. The van der Waals surface area contributed by atoms with Gasteiger partial charge in [-0.25, -0.2) is 4.98 Å². The Morgan fingerprint density at radius 2 is 2.27 bits per heavy atom. The van der Waals surface area contributed by atoms with Gasteiger partial charge in [-0.1, -0.05) is 23.9 Å². The molecule has 0 bridgehead atoms. The van der Waals surface area contributed by atoms with Crippen molar-refractivity contribution in [2.75, 3.05) is 5.75 Å². The maximum Gasteiger partial charge on any atom is 0.191 e. The number of nitrogens with one attached hydrogen (secondary N) is 1. The van der Waals surface area contributed by atoms with Crippen LogP contribution < -0.4 is 0 Å². The molecule has 0 saturated carbocycles. The van der Waals surface area contributed by atoms with E-state index in [-0.39, 0.29) is 17.1 Å². The minimum absolute atomic E-state index is 0.0467. The number of H-pyrrole nitrogens is 1. The average Bonchev–Trinajstić information content (AvgIpc) is 3.11. The van der Waals surface area contributed by atoms with Crippen LogP contribution >= 0.6 is 11.8 Å². The lowest BCUT2D eigenvalue weighted by molar-refractivity contribution is 0.420. The van der Waals surface area contributed by atoms with Crippen LogP contribution in [-0.4, -0.2) is 35.6 Å². The molecule has 7 nitrogen and oxygen atoms in total. The number of nitriles is 1. The van der Waals surface area contributed by atoms with Gasteiger partial charge >= 0.3 is 0 Å². The highest BCUT2D eigenvalue weighted by molar-refractivity contribution is 7.99. The Hall–Kier alpha value is -2.79. The molecule has 0 aliphatic carbocycles. The van der Waals surface area contributed by atoms with Gasteiger partial charge in [0.05, 0.1) is 16.8 Å². The summed E-state index contributed by atoms with van der Waals surface area (Å²) in [5.41, 5.74) is 1.70. The van der Waals surface area contributed by atoms with Gasteiger partial charge in [0.1, 0.15) is 23.7 Å². The highest BCUT2D eigenvalue weighted by atomic mass is 32.2. The Bertz CT molecular complexity index is 855. The molecule has 0 aliphatic rings. The second kappa shape index (κ2) is 5.91. The lowest BCUT2D eigenvalue weighted by atomic mass is 10.2. The van der Waals surface area contributed by atoms with Gasteiger partial charge in [-0.2, -0.15) is 5.26 Å². The summed E-state index contributed by atoms with van der Waals surface area (Å²) < 4.78 is 1.74.